The lowest BCUT2D eigenvalue weighted by Gasteiger charge is -2.24. The first-order valence-corrected chi connectivity index (χ1v) is 11.5. The van der Waals surface area contributed by atoms with E-state index in [1.807, 2.05) is 0 Å². The molecule has 1 fully saturated rings. The lowest BCUT2D eigenvalue weighted by molar-refractivity contribution is -0.137. The Bertz CT molecular complexity index is 1050. The van der Waals surface area contributed by atoms with Crippen molar-refractivity contribution >= 4 is 16.1 Å². The Morgan fingerprint density at radius 2 is 1.88 bits per heavy atom. The van der Waals surface area contributed by atoms with Gasteiger partial charge >= 0.3 is 12.3 Å². The second-order valence-corrected chi connectivity index (χ2v) is 10.3. The number of imidazole rings is 1. The van der Waals surface area contributed by atoms with Gasteiger partial charge < -0.3 is 19.4 Å². The molecule has 1 saturated heterocycles. The SMILES string of the molecule is CC(C)(C)OC(=O)N1C[C@@H](NS(=O)(=O)c2cnc[nH]2)[C@H](OCc2ccc(C(F)(F)F)cc2)C1. The fourth-order valence-electron chi connectivity index (χ4n) is 3.18. The topological polar surface area (TPSA) is 114 Å². The molecule has 0 saturated carbocycles. The van der Waals surface area contributed by atoms with Crippen LogP contribution in [-0.2, 0) is 32.3 Å². The van der Waals surface area contributed by atoms with Crippen molar-refractivity contribution in [2.75, 3.05) is 13.1 Å². The number of H-pyrrole nitrogens is 1. The molecule has 0 radical (unpaired) electrons. The van der Waals surface area contributed by atoms with E-state index >= 15 is 0 Å². The van der Waals surface area contributed by atoms with Crippen molar-refractivity contribution in [3.8, 4) is 0 Å². The number of hydrogen-bond acceptors (Lipinski definition) is 6. The monoisotopic (exact) mass is 490 g/mol. The van der Waals surface area contributed by atoms with Gasteiger partial charge in [0.1, 0.15) is 5.60 Å². The zero-order valence-corrected chi connectivity index (χ0v) is 19.0. The standard InChI is InChI=1S/C20H25F3N4O5S/c1-19(2,3)32-18(28)27-9-15(26-33(29,30)17-8-24-12-25-17)16(10-27)31-11-13-4-6-14(7-5-13)20(21,22)23/h4-8,12,15-16,26H,9-11H2,1-3H3,(H,24,25)/t15-,16-/m1/s1. The summed E-state index contributed by atoms with van der Waals surface area (Å²) in [6.45, 7) is 5.06. The van der Waals surface area contributed by atoms with Crippen LogP contribution in [0.1, 0.15) is 31.9 Å². The highest BCUT2D eigenvalue weighted by Crippen LogP contribution is 2.29. The largest absolute Gasteiger partial charge is 0.444 e. The summed E-state index contributed by atoms with van der Waals surface area (Å²) in [5.74, 6) is 0. The second-order valence-electron chi connectivity index (χ2n) is 8.57. The van der Waals surface area contributed by atoms with Crippen molar-refractivity contribution in [3.05, 3.63) is 47.9 Å². The Labute approximate surface area is 189 Å². The molecule has 3 rings (SSSR count). The van der Waals surface area contributed by atoms with E-state index in [0.29, 0.717) is 5.56 Å². The highest BCUT2D eigenvalue weighted by molar-refractivity contribution is 7.89. The van der Waals surface area contributed by atoms with Crippen LogP contribution < -0.4 is 4.72 Å². The van der Waals surface area contributed by atoms with Crippen LogP contribution in [-0.4, -0.2) is 60.2 Å². The minimum Gasteiger partial charge on any atom is -0.444 e. The average Bonchev–Trinajstić information content (AvgIpc) is 3.35. The van der Waals surface area contributed by atoms with Gasteiger partial charge in [-0.3, -0.25) is 0 Å². The normalized spacial score (nSPS) is 19.6. The zero-order chi connectivity index (χ0) is 24.4. The number of aromatic nitrogens is 2. The predicted octanol–water partition coefficient (Wildman–Crippen LogP) is 2.91. The molecule has 1 amide bonds. The molecule has 2 atom stereocenters. The minimum atomic E-state index is -4.45. The number of hydrogen-bond donors (Lipinski definition) is 2. The summed E-state index contributed by atoms with van der Waals surface area (Å²) in [5.41, 5.74) is -1.07. The van der Waals surface area contributed by atoms with Crippen molar-refractivity contribution in [2.45, 2.75) is 56.3 Å². The number of carbonyl (C=O) groups excluding carboxylic acids is 1. The van der Waals surface area contributed by atoms with Crippen LogP contribution >= 0.6 is 0 Å². The molecule has 13 heteroatoms. The van der Waals surface area contributed by atoms with E-state index in [-0.39, 0.29) is 24.7 Å². The van der Waals surface area contributed by atoms with Gasteiger partial charge in [-0.1, -0.05) is 12.1 Å². The van der Waals surface area contributed by atoms with Gasteiger partial charge in [0.05, 0.1) is 43.4 Å². The van der Waals surface area contributed by atoms with Crippen LogP contribution in [0.3, 0.4) is 0 Å². The Balaban J connectivity index is 1.73. The molecule has 2 heterocycles. The first-order valence-electron chi connectivity index (χ1n) is 10.0. The third kappa shape index (κ3) is 6.68. The molecule has 1 aliphatic rings. The number of halogens is 3. The third-order valence-corrected chi connectivity index (χ3v) is 6.15. The van der Waals surface area contributed by atoms with Gasteiger partial charge in [-0.2, -0.15) is 13.2 Å². The summed E-state index contributed by atoms with van der Waals surface area (Å²) in [6, 6.07) is 3.64. The number of rotatable bonds is 6. The maximum Gasteiger partial charge on any atom is 0.416 e. The van der Waals surface area contributed by atoms with Crippen molar-refractivity contribution in [2.24, 2.45) is 0 Å². The maximum atomic E-state index is 12.8. The fourth-order valence-corrected chi connectivity index (χ4v) is 4.34. The van der Waals surface area contributed by atoms with E-state index in [1.165, 1.54) is 23.4 Å². The van der Waals surface area contributed by atoms with Crippen LogP contribution in [0.25, 0.3) is 0 Å². The van der Waals surface area contributed by atoms with Crippen LogP contribution in [0.4, 0.5) is 18.0 Å². The molecular formula is C20H25F3N4O5S. The van der Waals surface area contributed by atoms with Gasteiger partial charge in [0, 0.05) is 6.54 Å². The maximum absolute atomic E-state index is 12.8. The lowest BCUT2D eigenvalue weighted by Crippen LogP contribution is -2.44. The molecule has 2 aromatic rings. The van der Waals surface area contributed by atoms with Crippen LogP contribution in [0.5, 0.6) is 0 Å². The van der Waals surface area contributed by atoms with Gasteiger partial charge in [-0.25, -0.2) is 22.9 Å². The number of amides is 1. The molecule has 1 aliphatic heterocycles. The summed E-state index contributed by atoms with van der Waals surface area (Å²) < 4.78 is 77.2. The van der Waals surface area contributed by atoms with E-state index in [9.17, 15) is 26.4 Å². The fraction of sp³-hybridized carbons (Fsp3) is 0.500. The average molecular weight is 491 g/mol. The molecule has 182 valence electrons. The molecule has 2 N–H and O–H groups in total. The Hall–Kier alpha value is -2.64. The molecule has 0 aliphatic carbocycles. The van der Waals surface area contributed by atoms with Crippen LogP contribution in [0, 0.1) is 0 Å². The number of aromatic amines is 1. The van der Waals surface area contributed by atoms with Crippen molar-refractivity contribution in [1.82, 2.24) is 19.6 Å². The summed E-state index contributed by atoms with van der Waals surface area (Å²) in [5, 5.41) is -0.153. The quantitative estimate of drug-likeness (QED) is 0.644. The molecular weight excluding hydrogens is 465 g/mol. The van der Waals surface area contributed by atoms with E-state index in [1.54, 1.807) is 20.8 Å². The van der Waals surface area contributed by atoms with E-state index < -0.39 is 45.6 Å². The molecule has 0 unspecified atom stereocenters. The number of alkyl halides is 3. The first-order chi connectivity index (χ1) is 15.2. The smallest absolute Gasteiger partial charge is 0.416 e. The van der Waals surface area contributed by atoms with Crippen LogP contribution in [0.15, 0.2) is 41.8 Å². The number of nitrogens with zero attached hydrogens (tertiary/aromatic N) is 2. The van der Waals surface area contributed by atoms with E-state index in [0.717, 1.165) is 18.3 Å². The molecule has 1 aromatic heterocycles. The van der Waals surface area contributed by atoms with Crippen LogP contribution in [0.2, 0.25) is 0 Å². The molecule has 1 aromatic carbocycles. The Morgan fingerprint density at radius 3 is 2.42 bits per heavy atom. The highest BCUT2D eigenvalue weighted by Gasteiger charge is 2.40. The number of ether oxygens (including phenoxy) is 2. The molecule has 0 spiro atoms. The number of sulfonamides is 1. The number of carbonyl (C=O) groups is 1. The first kappa shape index (κ1) is 25.0. The second kappa shape index (κ2) is 9.31. The van der Waals surface area contributed by atoms with Gasteiger partial charge in [0.25, 0.3) is 10.0 Å². The van der Waals surface area contributed by atoms with E-state index in [4.69, 9.17) is 9.47 Å². The predicted molar refractivity (Wildman–Crippen MR) is 111 cm³/mol. The number of nitrogens with one attached hydrogen (secondary N) is 2. The van der Waals surface area contributed by atoms with Gasteiger partial charge in [0.2, 0.25) is 0 Å². The summed E-state index contributed by atoms with van der Waals surface area (Å²) in [4.78, 5) is 20.0. The van der Waals surface area contributed by atoms with E-state index in [2.05, 4.69) is 14.7 Å². The lowest BCUT2D eigenvalue weighted by atomic mass is 10.1. The Kier molecular flexibility index (Phi) is 7.05. The number of likely N-dealkylation sites (tertiary alicyclic amines) is 1. The molecule has 33 heavy (non-hydrogen) atoms. The molecule has 0 bridgehead atoms. The van der Waals surface area contributed by atoms with Crippen molar-refractivity contribution in [3.63, 3.8) is 0 Å². The Morgan fingerprint density at radius 1 is 1.21 bits per heavy atom. The zero-order valence-electron chi connectivity index (χ0n) is 18.2. The van der Waals surface area contributed by atoms with Gasteiger partial charge in [-0.05, 0) is 38.5 Å². The van der Waals surface area contributed by atoms with Crippen molar-refractivity contribution < 1.29 is 35.9 Å². The summed E-state index contributed by atoms with van der Waals surface area (Å²) >= 11 is 0. The van der Waals surface area contributed by atoms with Crippen molar-refractivity contribution in [1.29, 1.82) is 0 Å². The number of benzene rings is 1. The summed E-state index contributed by atoms with van der Waals surface area (Å²) in [7, 11) is -3.97. The van der Waals surface area contributed by atoms with Gasteiger partial charge in [0.15, 0.2) is 5.03 Å². The minimum absolute atomic E-state index is 0.0139. The third-order valence-electron chi connectivity index (χ3n) is 4.73. The molecule has 9 nitrogen and oxygen atoms in total. The van der Waals surface area contributed by atoms with Gasteiger partial charge in [-0.15, -0.1) is 0 Å². The highest BCUT2D eigenvalue weighted by atomic mass is 32.2. The summed E-state index contributed by atoms with van der Waals surface area (Å²) in [6.07, 6.45) is -3.49.